The minimum atomic E-state index is -1.66. The number of aryl methyl sites for hydroxylation is 1. The van der Waals surface area contributed by atoms with Gasteiger partial charge in [-0.1, -0.05) is 30.9 Å². The quantitative estimate of drug-likeness (QED) is 0.617. The van der Waals surface area contributed by atoms with Crippen molar-refractivity contribution in [3.05, 3.63) is 47.8 Å². The maximum absolute atomic E-state index is 12.3. The minimum absolute atomic E-state index is 0.260. The molecular formula is C22H21N5O2. The van der Waals surface area contributed by atoms with Crippen LogP contribution in [0.1, 0.15) is 18.3 Å². The van der Waals surface area contributed by atoms with E-state index in [9.17, 15) is 9.90 Å². The van der Waals surface area contributed by atoms with Gasteiger partial charge in [-0.15, -0.1) is 0 Å². The second-order valence-electron chi connectivity index (χ2n) is 7.40. The van der Waals surface area contributed by atoms with E-state index in [4.69, 9.17) is 5.73 Å². The number of carbonyl (C=O) groups excluding carboxylic acids is 1. The molecule has 1 fully saturated rings. The third-order valence-corrected chi connectivity index (χ3v) is 5.17. The number of anilines is 1. The van der Waals surface area contributed by atoms with E-state index < -0.39 is 5.60 Å². The van der Waals surface area contributed by atoms with Crippen molar-refractivity contribution in [2.45, 2.75) is 19.4 Å². The molecule has 1 amide bonds. The van der Waals surface area contributed by atoms with Crippen molar-refractivity contribution >= 4 is 22.8 Å². The van der Waals surface area contributed by atoms with Crippen LogP contribution in [0.3, 0.4) is 0 Å². The van der Waals surface area contributed by atoms with Gasteiger partial charge < -0.3 is 15.7 Å². The van der Waals surface area contributed by atoms with E-state index in [0.29, 0.717) is 40.5 Å². The molecule has 1 aromatic carbocycles. The van der Waals surface area contributed by atoms with E-state index in [1.807, 2.05) is 43.3 Å². The van der Waals surface area contributed by atoms with Crippen molar-refractivity contribution in [2.75, 3.05) is 19.3 Å². The third-order valence-electron chi connectivity index (χ3n) is 5.17. The summed E-state index contributed by atoms with van der Waals surface area (Å²) in [5.74, 6) is 6.04. The van der Waals surface area contributed by atoms with Gasteiger partial charge in [0.2, 0.25) is 5.60 Å². The number of aliphatic hydroxyl groups is 1. The Morgan fingerprint density at radius 1 is 1.24 bits per heavy atom. The number of pyridine rings is 1. The normalized spacial score (nSPS) is 21.3. The topological polar surface area (TPSA) is 105 Å². The van der Waals surface area contributed by atoms with E-state index in [1.54, 1.807) is 14.0 Å². The first kappa shape index (κ1) is 18.8. The van der Waals surface area contributed by atoms with Gasteiger partial charge in [-0.2, -0.15) is 0 Å². The van der Waals surface area contributed by atoms with Gasteiger partial charge in [0.15, 0.2) is 5.82 Å². The van der Waals surface area contributed by atoms with Crippen LogP contribution < -0.4 is 5.73 Å². The molecule has 3 N–H and O–H groups in total. The van der Waals surface area contributed by atoms with Crippen molar-refractivity contribution in [2.24, 2.45) is 5.92 Å². The first-order chi connectivity index (χ1) is 13.8. The van der Waals surface area contributed by atoms with Crippen LogP contribution in [0, 0.1) is 24.7 Å². The van der Waals surface area contributed by atoms with Crippen LogP contribution in [-0.4, -0.2) is 50.1 Å². The van der Waals surface area contributed by atoms with Crippen LogP contribution in [0.25, 0.3) is 22.3 Å². The molecule has 0 radical (unpaired) electrons. The Balaban J connectivity index is 1.71. The molecule has 3 heterocycles. The average molecular weight is 387 g/mol. The van der Waals surface area contributed by atoms with Crippen molar-refractivity contribution in [3.8, 4) is 23.1 Å². The van der Waals surface area contributed by atoms with Crippen LogP contribution in [0.4, 0.5) is 5.82 Å². The van der Waals surface area contributed by atoms with Gasteiger partial charge in [0, 0.05) is 30.6 Å². The Hall–Kier alpha value is -3.50. The van der Waals surface area contributed by atoms with Crippen LogP contribution >= 0.6 is 0 Å². The summed E-state index contributed by atoms with van der Waals surface area (Å²) in [7, 11) is 1.67. The highest BCUT2D eigenvalue weighted by molar-refractivity contribution is 5.91. The minimum Gasteiger partial charge on any atom is -0.382 e. The predicted molar refractivity (Wildman–Crippen MR) is 111 cm³/mol. The standard InChI is InChI=1S/C22H21N5O2/c1-13-12-27(3)21(28)22(13,29)10-9-15-5-4-6-16(11-15)17-7-8-18-19(26-17)20(23)25-14(2)24-18/h4-8,11,13,29H,12H2,1-3H3,(H2,23,24,25)/t13?,22-/m1/s1. The summed E-state index contributed by atoms with van der Waals surface area (Å²) in [6.45, 7) is 4.08. The molecular weight excluding hydrogens is 366 g/mol. The summed E-state index contributed by atoms with van der Waals surface area (Å²) in [5, 5.41) is 10.7. The lowest BCUT2D eigenvalue weighted by Crippen LogP contribution is -2.40. The molecule has 1 aliphatic heterocycles. The Kier molecular flexibility index (Phi) is 4.44. The van der Waals surface area contributed by atoms with Crippen molar-refractivity contribution in [1.82, 2.24) is 19.9 Å². The number of hydrogen-bond donors (Lipinski definition) is 2. The van der Waals surface area contributed by atoms with Gasteiger partial charge in [0.1, 0.15) is 11.3 Å². The zero-order valence-corrected chi connectivity index (χ0v) is 16.5. The molecule has 29 heavy (non-hydrogen) atoms. The first-order valence-corrected chi connectivity index (χ1v) is 9.30. The Morgan fingerprint density at radius 2 is 2.03 bits per heavy atom. The highest BCUT2D eigenvalue weighted by Crippen LogP contribution is 2.28. The van der Waals surface area contributed by atoms with Crippen LogP contribution in [-0.2, 0) is 4.79 Å². The number of nitrogens with two attached hydrogens (primary N) is 1. The number of likely N-dealkylation sites (N-methyl/N-ethyl adjacent to an activating group) is 1. The number of carbonyl (C=O) groups is 1. The van der Waals surface area contributed by atoms with Crippen molar-refractivity contribution < 1.29 is 9.90 Å². The van der Waals surface area contributed by atoms with E-state index in [0.717, 1.165) is 5.56 Å². The first-order valence-electron chi connectivity index (χ1n) is 9.30. The van der Waals surface area contributed by atoms with E-state index >= 15 is 0 Å². The van der Waals surface area contributed by atoms with E-state index in [1.165, 1.54) is 4.90 Å². The van der Waals surface area contributed by atoms with Gasteiger partial charge in [0.05, 0.1) is 11.2 Å². The zero-order chi connectivity index (χ0) is 20.8. The molecule has 0 spiro atoms. The highest BCUT2D eigenvalue weighted by Gasteiger charge is 2.48. The van der Waals surface area contributed by atoms with Crippen molar-refractivity contribution in [3.63, 3.8) is 0 Å². The number of benzene rings is 1. The predicted octanol–water partition coefficient (Wildman–Crippen LogP) is 1.77. The second-order valence-corrected chi connectivity index (χ2v) is 7.40. The van der Waals surface area contributed by atoms with Gasteiger partial charge in [-0.05, 0) is 31.2 Å². The second kappa shape index (κ2) is 6.83. The monoisotopic (exact) mass is 387 g/mol. The highest BCUT2D eigenvalue weighted by atomic mass is 16.3. The number of rotatable bonds is 1. The Morgan fingerprint density at radius 3 is 2.76 bits per heavy atom. The number of hydrogen-bond acceptors (Lipinski definition) is 6. The molecule has 0 bridgehead atoms. The summed E-state index contributed by atoms with van der Waals surface area (Å²) in [6, 6.07) is 11.2. The lowest BCUT2D eigenvalue weighted by molar-refractivity contribution is -0.138. The molecule has 0 aliphatic carbocycles. The molecule has 7 nitrogen and oxygen atoms in total. The van der Waals surface area contributed by atoms with Gasteiger partial charge in [-0.3, -0.25) is 4.79 Å². The number of fused-ring (bicyclic) bond motifs is 1. The summed E-state index contributed by atoms with van der Waals surface area (Å²) < 4.78 is 0. The molecule has 1 saturated heterocycles. The maximum atomic E-state index is 12.3. The number of likely N-dealkylation sites (tertiary alicyclic amines) is 1. The molecule has 4 rings (SSSR count). The maximum Gasteiger partial charge on any atom is 0.267 e. The molecule has 3 aromatic rings. The average Bonchev–Trinajstić information content (AvgIpc) is 2.89. The largest absolute Gasteiger partial charge is 0.382 e. The fraction of sp³-hybridized carbons (Fsp3) is 0.273. The molecule has 0 saturated carbocycles. The van der Waals surface area contributed by atoms with Crippen LogP contribution in [0.2, 0.25) is 0 Å². The molecule has 146 valence electrons. The zero-order valence-electron chi connectivity index (χ0n) is 16.5. The fourth-order valence-corrected chi connectivity index (χ4v) is 3.55. The third kappa shape index (κ3) is 3.28. The van der Waals surface area contributed by atoms with Gasteiger partial charge in [-0.25, -0.2) is 15.0 Å². The Labute approximate surface area is 168 Å². The number of nitrogens with zero attached hydrogens (tertiary/aromatic N) is 4. The lowest BCUT2D eigenvalue weighted by atomic mass is 9.92. The lowest BCUT2D eigenvalue weighted by Gasteiger charge is -2.17. The van der Waals surface area contributed by atoms with Gasteiger partial charge in [0.25, 0.3) is 5.91 Å². The van der Waals surface area contributed by atoms with Crippen molar-refractivity contribution in [1.29, 1.82) is 0 Å². The fourth-order valence-electron chi connectivity index (χ4n) is 3.55. The number of aromatic nitrogens is 3. The van der Waals surface area contributed by atoms with Crippen LogP contribution in [0.5, 0.6) is 0 Å². The molecule has 7 heteroatoms. The molecule has 1 aliphatic rings. The summed E-state index contributed by atoms with van der Waals surface area (Å²) >= 11 is 0. The van der Waals surface area contributed by atoms with Crippen LogP contribution in [0.15, 0.2) is 36.4 Å². The molecule has 2 atom stereocenters. The smallest absolute Gasteiger partial charge is 0.267 e. The number of amides is 1. The van der Waals surface area contributed by atoms with Gasteiger partial charge >= 0.3 is 0 Å². The summed E-state index contributed by atoms with van der Waals surface area (Å²) in [6.07, 6.45) is 0. The summed E-state index contributed by atoms with van der Waals surface area (Å²) in [5.41, 5.74) is 7.82. The SMILES string of the molecule is Cc1nc(N)c2nc(-c3cccc(C#C[C@]4(O)C(=O)N(C)CC4C)c3)ccc2n1. The Bertz CT molecular complexity index is 1200. The summed E-state index contributed by atoms with van der Waals surface area (Å²) in [4.78, 5) is 26.9. The number of nitrogen functional groups attached to an aromatic ring is 1. The van der Waals surface area contributed by atoms with E-state index in [2.05, 4.69) is 26.8 Å². The van der Waals surface area contributed by atoms with E-state index in [-0.39, 0.29) is 11.8 Å². The molecule has 2 aromatic heterocycles. The molecule has 1 unspecified atom stereocenters.